The molecular formula is C87H101F3N2O45S7. The van der Waals surface area contributed by atoms with Crippen molar-refractivity contribution in [1.82, 2.24) is 0 Å². The van der Waals surface area contributed by atoms with Gasteiger partial charge in [0.25, 0.3) is 96.3 Å². The fourth-order valence-electron chi connectivity index (χ4n) is 28.4. The zero-order valence-corrected chi connectivity index (χ0v) is 82.3. The normalized spacial score (nSPS) is 44.6. The molecule has 21 rings (SSSR count). The van der Waals surface area contributed by atoms with Crippen LogP contribution >= 0.6 is 0 Å². The van der Waals surface area contributed by atoms with Crippen molar-refractivity contribution in [2.45, 2.75) is 231 Å². The summed E-state index contributed by atoms with van der Waals surface area (Å²) >= 11 is 0. The van der Waals surface area contributed by atoms with Gasteiger partial charge in [-0.2, -0.15) is 77.4 Å². The number of alkyl halides is 3. The van der Waals surface area contributed by atoms with Crippen LogP contribution in [0.3, 0.4) is 0 Å². The molecule has 38 unspecified atom stereocenters. The van der Waals surface area contributed by atoms with Crippen LogP contribution in [0.4, 0.5) is 13.2 Å². The standard InChI is InChI=1S/C16H20O9S.C12H13F3O5S.C12H13NO5S.C12H14O7S.C12H16O7S.C12H14O7S.C11H11NO5S/c1-2-12(19)24-13-14-16(4-6-23-10-18)8-15(13,3-5-22-9-17)7-11(16)25-26(14,20)21;1-3-7(16)19-9-5-4-6-8(10(9)21(17,18)20-6)11(5,2)12(13,14)15;1-4-7(14)17-9-6-5-12(2)10(8(6)13-3)18-19(15,16)11(9)12;1-3-9(13)18-10-6-4-7-8(5-6)19-20(15,16)12(7,10)11(14)17-2;1-2-8(15)18-9-10-12(6-14)4-11(9,5-13)3-7(12)19-20(10,16)17;1-2-9(14)18-11-6-3-7-10(8(6)4-17-5-13)19-20(15,16)12(7)11;1-2-9(13)16-10-6-3-7-8(4-6)17-18(14,15)11(7,10)5-12/h2,9-11,13-14H,1,3-8H2;3,5-6,8-10H,1,4H2,2H3;4,6,8-11H,1,5H2,2H3;3,6-8,10H,1,4-5H2,2H3;2,7,9-10,13-14H,1,3-6H2;2,5-8,10-12H,1,3-4H2;2,6-8,10H,1,3-4H2. The van der Waals surface area contributed by atoms with Crippen molar-refractivity contribution in [2.24, 2.45) is 91.7 Å². The van der Waals surface area contributed by atoms with Gasteiger partial charge in [-0.05, 0) is 83.5 Å². The van der Waals surface area contributed by atoms with Gasteiger partial charge in [0.05, 0.1) is 94.2 Å². The van der Waals surface area contributed by atoms with Crippen molar-refractivity contribution in [1.29, 1.82) is 5.26 Å². The number of carbonyl (C=O) groups is 11. The van der Waals surface area contributed by atoms with E-state index in [1.54, 1.807) is 6.92 Å². The number of methoxy groups -OCH3 is 1. The number of halogens is 3. The van der Waals surface area contributed by atoms with E-state index in [1.165, 1.54) is 0 Å². The first-order chi connectivity index (χ1) is 67.4. The highest BCUT2D eigenvalue weighted by atomic mass is 32.2. The lowest BCUT2D eigenvalue weighted by Crippen LogP contribution is -2.58. The van der Waals surface area contributed by atoms with E-state index in [0.717, 1.165) is 56.6 Å². The molecule has 0 aromatic rings. The second-order valence-electron chi connectivity index (χ2n) is 39.6. The molecule has 21 aliphatic rings. The van der Waals surface area contributed by atoms with E-state index >= 15 is 0 Å². The van der Waals surface area contributed by atoms with Crippen molar-refractivity contribution in [3.05, 3.63) is 100 Å². The third-order valence-electron chi connectivity index (χ3n) is 33.6. The summed E-state index contributed by atoms with van der Waals surface area (Å²) in [5, 5.41) is 23.4. The van der Waals surface area contributed by atoms with E-state index in [2.05, 4.69) is 55.6 Å². The number of aliphatic hydroxyl groups excluding tert-OH is 2. The Hall–Kier alpha value is -9.59. The predicted molar refractivity (Wildman–Crippen MR) is 467 cm³/mol. The molecule has 0 radical (unpaired) electrons. The molecule has 14 bridgehead atoms. The van der Waals surface area contributed by atoms with Gasteiger partial charge in [-0.15, -0.1) is 0 Å². The quantitative estimate of drug-likeness (QED) is 0.0204. The number of hydrogen-bond donors (Lipinski definition) is 2. The van der Waals surface area contributed by atoms with Crippen LogP contribution in [-0.4, -0.2) is 310 Å². The average Bonchev–Trinajstić information content (AvgIpc) is 1.50. The van der Waals surface area contributed by atoms with E-state index < -0.39 is 302 Å². The minimum Gasteiger partial charge on any atom is -0.468 e. The second kappa shape index (κ2) is 37.9. The Morgan fingerprint density at radius 3 is 1.47 bits per heavy atom. The molecule has 47 nitrogen and oxygen atoms in total. The van der Waals surface area contributed by atoms with Crippen LogP contribution in [0, 0.1) is 110 Å². The maximum atomic E-state index is 13.5. The summed E-state index contributed by atoms with van der Waals surface area (Å²) in [6.07, 6.45) is -4.23. The highest BCUT2D eigenvalue weighted by Crippen LogP contribution is 2.75. The van der Waals surface area contributed by atoms with Crippen LogP contribution in [0.2, 0.25) is 0 Å². The first-order valence-electron chi connectivity index (χ1n) is 45.0. The van der Waals surface area contributed by atoms with Crippen molar-refractivity contribution in [3.63, 3.8) is 0 Å². The number of rotatable bonds is 28. The van der Waals surface area contributed by atoms with Crippen LogP contribution in [0.5, 0.6) is 0 Å². The van der Waals surface area contributed by atoms with Gasteiger partial charge in [-0.3, -0.25) is 48.5 Å². The third kappa shape index (κ3) is 16.3. The summed E-state index contributed by atoms with van der Waals surface area (Å²) in [5.74, 6) is -10.6. The van der Waals surface area contributed by atoms with Crippen LogP contribution in [0.1, 0.15) is 97.3 Å². The molecule has 144 heavy (non-hydrogen) atoms. The van der Waals surface area contributed by atoms with Crippen molar-refractivity contribution in [3.8, 4) is 6.07 Å². The maximum Gasteiger partial charge on any atom is 0.395 e. The third-order valence-corrected chi connectivity index (χ3v) is 46.7. The number of carbonyl (C=O) groups excluding carboxylic acids is 11. The summed E-state index contributed by atoms with van der Waals surface area (Å²) in [6, 6.07) is 1.28. The number of nitriles is 1. The minimum absolute atomic E-state index is 0.0401. The lowest BCUT2D eigenvalue weighted by Gasteiger charge is -2.37. The average molecular weight is 2180 g/mol. The molecule has 0 aromatic heterocycles. The van der Waals surface area contributed by atoms with Crippen molar-refractivity contribution in [2.75, 3.05) is 40.1 Å². The van der Waals surface area contributed by atoms with E-state index in [4.69, 9.17) is 83.2 Å². The van der Waals surface area contributed by atoms with Crippen LogP contribution in [0.15, 0.2) is 88.6 Å². The summed E-state index contributed by atoms with van der Waals surface area (Å²) in [6.45, 7) is 33.4. The SMILES string of the molecule is C=CC(=O)OC1C2C3(CCOC=O)CC1(CCOC=O)CC3OS2(=O)=O.C=CC(=O)OC1C2C3(CO)CC1(CO)CC3OS2(=O)=O.C=CC(=O)OC1C2CC3C(OS(=O)(=O)C31)C2COC=O.C=CC(=O)OC1C2CC3OS(=O)(=O)C1(C#N)C3C2.C=CC(=O)OC1C2CC3OS(=O)(=O)C1(C(=O)OC)C3C2.C=CC(=O)OC1C2CC3OS(=O)(=O)C1C3C2(C)C(F)(F)F.[C-]#[N+]C1C2CC3(C)C1OS(=O)(=O)C3C2OC(=O)C=C. The van der Waals surface area contributed by atoms with E-state index in [0.29, 0.717) is 77.2 Å². The zero-order chi connectivity index (χ0) is 106. The van der Waals surface area contributed by atoms with E-state index in [9.17, 15) is 140 Å². The van der Waals surface area contributed by atoms with Gasteiger partial charge in [-0.1, -0.05) is 59.9 Å². The molecule has 38 atom stereocenters. The molecule has 7 aliphatic heterocycles. The highest BCUT2D eigenvalue weighted by Gasteiger charge is 2.87. The number of aliphatic hydroxyl groups is 2. The van der Waals surface area contributed by atoms with Gasteiger partial charge in [0, 0.05) is 123 Å². The summed E-state index contributed by atoms with van der Waals surface area (Å²) < 4.78 is 298. The molecule has 2 N–H and O–H groups in total. The van der Waals surface area contributed by atoms with Crippen LogP contribution in [-0.2, 0) is 205 Å². The predicted octanol–water partition coefficient (Wildman–Crippen LogP) is 0.442. The molecule has 0 aromatic carbocycles. The molecule has 57 heteroatoms. The Balaban J connectivity index is 0.000000127. The lowest BCUT2D eigenvalue weighted by molar-refractivity contribution is -0.238. The summed E-state index contributed by atoms with van der Waals surface area (Å²) in [5.41, 5.74) is -6.24. The Bertz CT molecular complexity index is 6350. The largest absolute Gasteiger partial charge is 0.468 e. The van der Waals surface area contributed by atoms with Gasteiger partial charge in [0.2, 0.25) is 9.49 Å². The fourth-order valence-corrected chi connectivity index (χ4v) is 43.3. The van der Waals surface area contributed by atoms with E-state index in [1.807, 2.05) is 6.07 Å². The first-order valence-corrected chi connectivity index (χ1v) is 55.2. The summed E-state index contributed by atoms with van der Waals surface area (Å²) in [4.78, 5) is 127. The zero-order valence-electron chi connectivity index (χ0n) is 76.6. The molecular weight excluding hydrogens is 2070 g/mol. The van der Waals surface area contributed by atoms with Gasteiger partial charge in [0.15, 0.2) is 6.10 Å². The molecule has 21 fully saturated rings. The highest BCUT2D eigenvalue weighted by molar-refractivity contribution is 7.90. The van der Waals surface area contributed by atoms with Gasteiger partial charge in [0.1, 0.15) is 69.0 Å². The van der Waals surface area contributed by atoms with Gasteiger partial charge in [-0.25, -0.2) is 40.1 Å². The minimum atomic E-state index is -4.60. The molecule has 14 aliphatic carbocycles. The Morgan fingerprint density at radius 1 is 0.479 bits per heavy atom. The fraction of sp³-hybridized carbons (Fsp3) is 0.690. The maximum absolute atomic E-state index is 13.5. The Morgan fingerprint density at radius 2 is 0.944 bits per heavy atom. The topological polar surface area (TPSA) is 662 Å². The number of nitrogens with zero attached hydrogens (tertiary/aromatic N) is 2. The van der Waals surface area contributed by atoms with Crippen LogP contribution in [0.25, 0.3) is 4.85 Å². The smallest absolute Gasteiger partial charge is 0.395 e. The van der Waals surface area contributed by atoms with Crippen LogP contribution < -0.4 is 0 Å². The number of esters is 8. The Labute approximate surface area is 823 Å². The summed E-state index contributed by atoms with van der Waals surface area (Å²) in [7, 11) is -26.7. The van der Waals surface area contributed by atoms with E-state index in [-0.39, 0.29) is 100 Å². The molecule has 792 valence electrons. The van der Waals surface area contributed by atoms with Gasteiger partial charge < -0.3 is 67.2 Å². The number of ether oxygens (including phenoxy) is 11. The molecule has 0 amide bonds. The monoisotopic (exact) mass is 2170 g/mol. The van der Waals surface area contributed by atoms with Gasteiger partial charge >= 0.3 is 53.9 Å². The molecule has 0 spiro atoms. The molecule has 7 saturated heterocycles. The number of fused-ring (bicyclic) bond motifs is 7. The Kier molecular flexibility index (Phi) is 28.6. The van der Waals surface area contributed by atoms with Crippen molar-refractivity contribution < 1.29 is 216 Å². The van der Waals surface area contributed by atoms with Crippen molar-refractivity contribution >= 4 is 138 Å². The molecule has 7 heterocycles. The lowest BCUT2D eigenvalue weighted by atomic mass is 9.75. The second-order valence-corrected chi connectivity index (χ2v) is 51.7. The molecule has 14 saturated carbocycles. The number of hydrogen-bond acceptors (Lipinski definition) is 46. The first kappa shape index (κ1) is 109.